The molecule has 29 heavy (non-hydrogen) atoms. The molecule has 1 atom stereocenters. The number of guanidine groups is 1. The van der Waals surface area contributed by atoms with Gasteiger partial charge in [0.15, 0.2) is 5.96 Å². The number of hydrogen-bond acceptors (Lipinski definition) is 4. The summed E-state index contributed by atoms with van der Waals surface area (Å²) < 4.78 is 14.7. The van der Waals surface area contributed by atoms with E-state index in [2.05, 4.69) is 33.3 Å². The van der Waals surface area contributed by atoms with Crippen molar-refractivity contribution in [1.29, 1.82) is 5.26 Å². The lowest BCUT2D eigenvalue weighted by Crippen LogP contribution is -2.46. The molecular weight excluding hydrogens is 369 g/mol. The van der Waals surface area contributed by atoms with Crippen molar-refractivity contribution in [3.05, 3.63) is 41.3 Å². The maximum absolute atomic E-state index is 13.2. The fourth-order valence-electron chi connectivity index (χ4n) is 3.72. The van der Waals surface area contributed by atoms with Crippen LogP contribution in [0, 0.1) is 23.1 Å². The number of nitrogens with two attached hydrogens (primary N) is 1. The molecule has 1 fully saturated rings. The van der Waals surface area contributed by atoms with Crippen molar-refractivity contribution < 1.29 is 4.39 Å². The summed E-state index contributed by atoms with van der Waals surface area (Å²) in [6.07, 6.45) is 3.86. The molecule has 1 unspecified atom stereocenters. The topological polar surface area (TPSA) is 95.3 Å². The normalized spacial score (nSPS) is 17.2. The van der Waals surface area contributed by atoms with E-state index in [0.717, 1.165) is 32.0 Å². The Kier molecular flexibility index (Phi) is 6.70. The zero-order chi connectivity index (χ0) is 20.8. The second-order valence-corrected chi connectivity index (χ2v) is 7.48. The summed E-state index contributed by atoms with van der Waals surface area (Å²) in [4.78, 5) is 6.70. The van der Waals surface area contributed by atoms with Gasteiger partial charge in [0.25, 0.3) is 0 Å². The predicted octanol–water partition coefficient (Wildman–Crippen LogP) is 2.71. The number of anilines is 1. The lowest BCUT2D eigenvalue weighted by atomic mass is 10.0. The Hall–Kier alpha value is -3.08. The molecule has 0 aliphatic carbocycles. The molecule has 0 saturated carbocycles. The number of piperidine rings is 1. The molecule has 2 heterocycles. The van der Waals surface area contributed by atoms with Crippen LogP contribution >= 0.6 is 0 Å². The summed E-state index contributed by atoms with van der Waals surface area (Å²) >= 11 is 0. The van der Waals surface area contributed by atoms with Crippen LogP contribution in [0.3, 0.4) is 0 Å². The summed E-state index contributed by atoms with van der Waals surface area (Å²) in [5, 5.41) is 17.4. The van der Waals surface area contributed by atoms with Crippen molar-refractivity contribution in [3.63, 3.8) is 0 Å². The molecule has 1 aliphatic rings. The minimum absolute atomic E-state index is 0.278. The molecule has 1 aliphatic heterocycles. The van der Waals surface area contributed by atoms with E-state index < -0.39 is 0 Å². The van der Waals surface area contributed by atoms with Crippen LogP contribution < -0.4 is 11.1 Å². The fourth-order valence-corrected chi connectivity index (χ4v) is 3.72. The number of hydrogen-bond donors (Lipinski definition) is 2. The van der Waals surface area contributed by atoms with Crippen molar-refractivity contribution in [3.8, 4) is 11.8 Å². The van der Waals surface area contributed by atoms with E-state index in [9.17, 15) is 9.65 Å². The Balaban J connectivity index is 1.61. The van der Waals surface area contributed by atoms with E-state index >= 15 is 0 Å². The van der Waals surface area contributed by atoms with Crippen LogP contribution in [-0.2, 0) is 6.42 Å². The van der Waals surface area contributed by atoms with Gasteiger partial charge in [0.05, 0.1) is 11.4 Å². The Morgan fingerprint density at radius 2 is 2.17 bits per heavy atom. The first-order valence-corrected chi connectivity index (χ1v) is 10.0. The summed E-state index contributed by atoms with van der Waals surface area (Å²) in [5.41, 5.74) is 7.77. The van der Waals surface area contributed by atoms with E-state index in [4.69, 9.17) is 5.73 Å². The molecule has 3 rings (SSSR count). The number of aryl methyl sites for hydroxylation is 1. The molecule has 154 valence electrons. The fraction of sp³-hybridized carbons (Fsp3) is 0.476. The molecule has 8 heteroatoms. The first-order chi connectivity index (χ1) is 14.0. The lowest BCUT2D eigenvalue weighted by molar-refractivity contribution is 0.266. The Labute approximate surface area is 171 Å². The highest BCUT2D eigenvalue weighted by Crippen LogP contribution is 2.22. The van der Waals surface area contributed by atoms with Crippen molar-refractivity contribution in [2.45, 2.75) is 32.6 Å². The van der Waals surface area contributed by atoms with Crippen molar-refractivity contribution >= 4 is 11.8 Å². The summed E-state index contributed by atoms with van der Waals surface area (Å²) in [7, 11) is 1.81. The Morgan fingerprint density at radius 1 is 1.41 bits per heavy atom. The third kappa shape index (κ3) is 4.86. The summed E-state index contributed by atoms with van der Waals surface area (Å²) in [6.45, 7) is 5.05. The van der Waals surface area contributed by atoms with Gasteiger partial charge in [-0.1, -0.05) is 6.92 Å². The monoisotopic (exact) mass is 397 g/mol. The average Bonchev–Trinajstić information content (AvgIpc) is 3.04. The number of nitriles is 1. The van der Waals surface area contributed by atoms with Gasteiger partial charge >= 0.3 is 0 Å². The van der Waals surface area contributed by atoms with E-state index in [-0.39, 0.29) is 11.6 Å². The van der Waals surface area contributed by atoms with Crippen LogP contribution in [0.2, 0.25) is 0 Å². The molecule has 0 spiro atoms. The number of nitrogen functional groups attached to an aromatic ring is 1. The Bertz CT molecular complexity index is 895. The number of aromatic nitrogens is 2. The first kappa shape index (κ1) is 20.6. The summed E-state index contributed by atoms with van der Waals surface area (Å²) in [6, 6.07) is 8.02. The summed E-state index contributed by atoms with van der Waals surface area (Å²) in [5.74, 6) is 1.55. The second kappa shape index (κ2) is 9.41. The molecule has 3 N–H and O–H groups in total. The van der Waals surface area contributed by atoms with Crippen molar-refractivity contribution in [1.82, 2.24) is 20.0 Å². The molecule has 0 radical (unpaired) electrons. The van der Waals surface area contributed by atoms with Gasteiger partial charge in [-0.3, -0.25) is 4.99 Å². The molecule has 1 aromatic heterocycles. The number of nitrogens with zero attached hydrogens (tertiary/aromatic N) is 5. The predicted molar refractivity (Wildman–Crippen MR) is 112 cm³/mol. The van der Waals surface area contributed by atoms with Crippen LogP contribution in [0.4, 0.5) is 10.2 Å². The highest BCUT2D eigenvalue weighted by Gasteiger charge is 2.19. The van der Waals surface area contributed by atoms with Crippen LogP contribution in [0.1, 0.15) is 37.4 Å². The molecule has 2 aromatic rings. The second-order valence-electron chi connectivity index (χ2n) is 7.48. The average molecular weight is 398 g/mol. The van der Waals surface area contributed by atoms with E-state index in [1.165, 1.54) is 29.7 Å². The van der Waals surface area contributed by atoms with Gasteiger partial charge in [-0.15, -0.1) is 0 Å². The zero-order valence-electron chi connectivity index (χ0n) is 17.0. The lowest BCUT2D eigenvalue weighted by Gasteiger charge is -2.33. The van der Waals surface area contributed by atoms with Gasteiger partial charge in [-0.25, -0.2) is 9.07 Å². The number of nitrogens with one attached hydrogen (secondary N) is 1. The van der Waals surface area contributed by atoms with Crippen LogP contribution in [-0.4, -0.2) is 47.3 Å². The molecule has 1 aromatic carbocycles. The van der Waals surface area contributed by atoms with Gasteiger partial charge < -0.3 is 16.0 Å². The highest BCUT2D eigenvalue weighted by molar-refractivity contribution is 5.79. The number of benzene rings is 1. The SMILES string of the molecule is CN=C(NCCCc1nn(-c2ccc(F)cc2)c(N)c1C#N)N1CCCC(C)C1. The molecule has 1 saturated heterocycles. The standard InChI is InChI=1S/C21H28FN7/c1-15-5-4-12-28(14-15)21(25-2)26-11-3-6-19-18(13-23)20(24)29(27-19)17-9-7-16(22)8-10-17/h7-10,15H,3-6,11-12,14,24H2,1-2H3,(H,25,26). The smallest absolute Gasteiger partial charge is 0.193 e. The van der Waals surface area contributed by atoms with E-state index in [1.54, 1.807) is 19.2 Å². The van der Waals surface area contributed by atoms with E-state index in [1.807, 2.05) is 0 Å². The third-order valence-corrected chi connectivity index (χ3v) is 5.22. The molecule has 0 bridgehead atoms. The van der Waals surface area contributed by atoms with Gasteiger partial charge in [-0.05, 0) is 55.9 Å². The highest BCUT2D eigenvalue weighted by atomic mass is 19.1. The number of rotatable bonds is 5. The van der Waals surface area contributed by atoms with E-state index in [0.29, 0.717) is 29.3 Å². The molecule has 0 amide bonds. The van der Waals surface area contributed by atoms with Crippen LogP contribution in [0.5, 0.6) is 0 Å². The van der Waals surface area contributed by atoms with Gasteiger partial charge in [0.2, 0.25) is 0 Å². The van der Waals surface area contributed by atoms with Crippen LogP contribution in [0.15, 0.2) is 29.3 Å². The van der Waals surface area contributed by atoms with Gasteiger partial charge in [0.1, 0.15) is 23.3 Å². The Morgan fingerprint density at radius 3 is 2.83 bits per heavy atom. The maximum Gasteiger partial charge on any atom is 0.193 e. The third-order valence-electron chi connectivity index (χ3n) is 5.22. The number of aliphatic imine (C=N–C) groups is 1. The quantitative estimate of drug-likeness (QED) is 0.459. The first-order valence-electron chi connectivity index (χ1n) is 10.0. The van der Waals surface area contributed by atoms with Crippen molar-refractivity contribution in [2.75, 3.05) is 32.4 Å². The van der Waals surface area contributed by atoms with Gasteiger partial charge in [0, 0.05) is 26.7 Å². The minimum atomic E-state index is -0.331. The zero-order valence-corrected chi connectivity index (χ0v) is 17.0. The minimum Gasteiger partial charge on any atom is -0.382 e. The molecule has 7 nitrogen and oxygen atoms in total. The number of likely N-dealkylation sites (tertiary alicyclic amines) is 1. The van der Waals surface area contributed by atoms with Crippen molar-refractivity contribution in [2.24, 2.45) is 10.9 Å². The molecular formula is C21H28FN7. The number of halogens is 1. The van der Waals surface area contributed by atoms with Gasteiger partial charge in [-0.2, -0.15) is 10.4 Å². The van der Waals surface area contributed by atoms with Crippen LogP contribution in [0.25, 0.3) is 5.69 Å². The largest absolute Gasteiger partial charge is 0.382 e. The maximum atomic E-state index is 13.2.